The van der Waals surface area contributed by atoms with E-state index in [1.807, 2.05) is 0 Å². The highest BCUT2D eigenvalue weighted by Crippen LogP contribution is 2.28. The first-order valence-electron chi connectivity index (χ1n) is 8.77. The van der Waals surface area contributed by atoms with Crippen LogP contribution < -0.4 is 4.90 Å². The summed E-state index contributed by atoms with van der Waals surface area (Å²) in [6.45, 7) is 8.36. The van der Waals surface area contributed by atoms with E-state index < -0.39 is 0 Å². The number of carbonyl (C=O) groups excluding carboxylic acids is 1. The van der Waals surface area contributed by atoms with Gasteiger partial charge in [-0.1, -0.05) is 12.1 Å². The van der Waals surface area contributed by atoms with Gasteiger partial charge in [-0.3, -0.25) is 4.79 Å². The molecule has 1 aromatic carbocycles. The van der Waals surface area contributed by atoms with Crippen LogP contribution in [0.25, 0.3) is 0 Å². The molecule has 0 unspecified atom stereocenters. The largest absolute Gasteiger partial charge is 0.371 e. The highest BCUT2D eigenvalue weighted by atomic mass is 16.2. The summed E-state index contributed by atoms with van der Waals surface area (Å²) in [4.78, 5) is 17.2. The van der Waals surface area contributed by atoms with Crippen molar-refractivity contribution in [3.05, 3.63) is 29.3 Å². The normalized spacial score (nSPS) is 20.3. The van der Waals surface area contributed by atoms with Crippen molar-refractivity contribution >= 4 is 11.6 Å². The lowest BCUT2D eigenvalue weighted by molar-refractivity contribution is -0.137. The van der Waals surface area contributed by atoms with Crippen molar-refractivity contribution in [1.29, 1.82) is 0 Å². The van der Waals surface area contributed by atoms with Crippen molar-refractivity contribution in [2.24, 2.45) is 5.92 Å². The van der Waals surface area contributed by atoms with Crippen LogP contribution in [-0.4, -0.2) is 37.0 Å². The van der Waals surface area contributed by atoms with Gasteiger partial charge in [0.05, 0.1) is 0 Å². The molecule has 0 saturated carbocycles. The van der Waals surface area contributed by atoms with Crippen LogP contribution in [0.4, 0.5) is 5.69 Å². The standard InChI is InChI=1S/C19H28N2O/c1-15-7-6-8-18(16(15)2)20-13-9-17(10-14-20)19(22)21-11-4-3-5-12-21/h6-8,17H,3-5,9-14H2,1-2H3. The van der Waals surface area contributed by atoms with E-state index in [9.17, 15) is 4.79 Å². The van der Waals surface area contributed by atoms with Crippen molar-refractivity contribution in [3.8, 4) is 0 Å². The highest BCUT2D eigenvalue weighted by Gasteiger charge is 2.29. The van der Waals surface area contributed by atoms with Crippen LogP contribution in [0.15, 0.2) is 18.2 Å². The van der Waals surface area contributed by atoms with Crippen LogP contribution in [0.5, 0.6) is 0 Å². The number of nitrogens with zero attached hydrogens (tertiary/aromatic N) is 2. The zero-order valence-corrected chi connectivity index (χ0v) is 14.0. The summed E-state index contributed by atoms with van der Waals surface area (Å²) in [6.07, 6.45) is 5.67. The molecule has 2 aliphatic rings. The molecule has 2 aliphatic heterocycles. The van der Waals surface area contributed by atoms with Gasteiger partial charge in [0.15, 0.2) is 0 Å². The Balaban J connectivity index is 1.60. The number of hydrogen-bond donors (Lipinski definition) is 0. The lowest BCUT2D eigenvalue weighted by Gasteiger charge is -2.37. The van der Waals surface area contributed by atoms with Gasteiger partial charge < -0.3 is 9.80 Å². The third kappa shape index (κ3) is 3.13. The molecule has 0 bridgehead atoms. The average Bonchev–Trinajstić information content (AvgIpc) is 2.58. The van der Waals surface area contributed by atoms with Crippen molar-refractivity contribution in [2.45, 2.75) is 46.0 Å². The van der Waals surface area contributed by atoms with Gasteiger partial charge in [-0.25, -0.2) is 0 Å². The van der Waals surface area contributed by atoms with Crippen LogP contribution in [0, 0.1) is 19.8 Å². The number of carbonyl (C=O) groups is 1. The van der Waals surface area contributed by atoms with Crippen molar-refractivity contribution in [1.82, 2.24) is 4.90 Å². The quantitative estimate of drug-likeness (QED) is 0.834. The second-order valence-corrected chi connectivity index (χ2v) is 6.87. The maximum atomic E-state index is 12.6. The zero-order chi connectivity index (χ0) is 15.5. The molecule has 0 atom stereocenters. The van der Waals surface area contributed by atoms with E-state index in [2.05, 4.69) is 41.8 Å². The van der Waals surface area contributed by atoms with Crippen LogP contribution in [-0.2, 0) is 4.79 Å². The molecule has 2 saturated heterocycles. The molecule has 3 rings (SSSR count). The highest BCUT2D eigenvalue weighted by molar-refractivity contribution is 5.79. The first-order valence-corrected chi connectivity index (χ1v) is 8.77. The summed E-state index contributed by atoms with van der Waals surface area (Å²) in [5.74, 6) is 0.666. The zero-order valence-electron chi connectivity index (χ0n) is 14.0. The third-order valence-electron chi connectivity index (χ3n) is 5.43. The lowest BCUT2D eigenvalue weighted by Crippen LogP contribution is -2.44. The number of piperidine rings is 2. The van der Waals surface area contributed by atoms with Gasteiger partial charge in [-0.15, -0.1) is 0 Å². The van der Waals surface area contributed by atoms with E-state index in [-0.39, 0.29) is 5.92 Å². The summed E-state index contributed by atoms with van der Waals surface area (Å²) in [7, 11) is 0. The molecule has 120 valence electrons. The molecule has 3 nitrogen and oxygen atoms in total. The van der Waals surface area contributed by atoms with Gasteiger partial charge in [0.1, 0.15) is 0 Å². The molecule has 0 radical (unpaired) electrons. The lowest BCUT2D eigenvalue weighted by atomic mass is 9.93. The van der Waals surface area contributed by atoms with Gasteiger partial charge in [0.2, 0.25) is 5.91 Å². The van der Waals surface area contributed by atoms with Crippen LogP contribution in [0.1, 0.15) is 43.2 Å². The van der Waals surface area contributed by atoms with Gasteiger partial charge in [0.25, 0.3) is 0 Å². The van der Waals surface area contributed by atoms with Crippen LogP contribution in [0.2, 0.25) is 0 Å². The monoisotopic (exact) mass is 300 g/mol. The summed E-state index contributed by atoms with van der Waals surface area (Å²) in [5, 5.41) is 0. The first-order chi connectivity index (χ1) is 10.7. The maximum absolute atomic E-state index is 12.6. The Morgan fingerprint density at radius 3 is 2.36 bits per heavy atom. The van der Waals surface area contributed by atoms with E-state index in [4.69, 9.17) is 0 Å². The Hall–Kier alpha value is -1.51. The summed E-state index contributed by atoms with van der Waals surface area (Å²) >= 11 is 0. The predicted octanol–water partition coefficient (Wildman–Crippen LogP) is 3.53. The number of amides is 1. The molecule has 1 aromatic rings. The Labute approximate surface area is 134 Å². The fourth-order valence-corrected chi connectivity index (χ4v) is 3.82. The van der Waals surface area contributed by atoms with Gasteiger partial charge in [-0.2, -0.15) is 0 Å². The smallest absolute Gasteiger partial charge is 0.225 e. The van der Waals surface area contributed by atoms with Gasteiger partial charge in [-0.05, 0) is 63.1 Å². The Kier molecular flexibility index (Phi) is 4.70. The Morgan fingerprint density at radius 2 is 1.68 bits per heavy atom. The molecule has 0 spiro atoms. The molecule has 22 heavy (non-hydrogen) atoms. The van der Waals surface area contributed by atoms with Gasteiger partial charge >= 0.3 is 0 Å². The first kappa shape index (κ1) is 15.4. The second-order valence-electron chi connectivity index (χ2n) is 6.87. The predicted molar refractivity (Wildman–Crippen MR) is 91.3 cm³/mol. The minimum Gasteiger partial charge on any atom is -0.371 e. The van der Waals surface area contributed by atoms with Crippen molar-refractivity contribution < 1.29 is 4.79 Å². The fourth-order valence-electron chi connectivity index (χ4n) is 3.82. The molecule has 1 amide bonds. The number of benzene rings is 1. The summed E-state index contributed by atoms with van der Waals surface area (Å²) in [6, 6.07) is 6.53. The van der Waals surface area contributed by atoms with E-state index in [1.54, 1.807) is 0 Å². The molecular formula is C19H28N2O. The molecule has 0 aliphatic carbocycles. The van der Waals surface area contributed by atoms with E-state index >= 15 is 0 Å². The molecule has 2 fully saturated rings. The summed E-state index contributed by atoms with van der Waals surface area (Å²) in [5.41, 5.74) is 4.08. The fraction of sp³-hybridized carbons (Fsp3) is 0.632. The van der Waals surface area contributed by atoms with Crippen molar-refractivity contribution in [2.75, 3.05) is 31.1 Å². The maximum Gasteiger partial charge on any atom is 0.225 e. The number of aryl methyl sites for hydroxylation is 1. The molecule has 3 heteroatoms. The molecule has 0 N–H and O–H groups in total. The van der Waals surface area contributed by atoms with Crippen LogP contribution in [0.3, 0.4) is 0 Å². The summed E-state index contributed by atoms with van der Waals surface area (Å²) < 4.78 is 0. The SMILES string of the molecule is Cc1cccc(N2CCC(C(=O)N3CCCCC3)CC2)c1C. The Bertz CT molecular complexity index is 526. The topological polar surface area (TPSA) is 23.6 Å². The average molecular weight is 300 g/mol. The number of hydrogen-bond acceptors (Lipinski definition) is 2. The number of anilines is 1. The van der Waals surface area contributed by atoms with E-state index in [1.165, 1.54) is 36.1 Å². The van der Waals surface area contributed by atoms with E-state index in [0.29, 0.717) is 5.91 Å². The van der Waals surface area contributed by atoms with Crippen molar-refractivity contribution in [3.63, 3.8) is 0 Å². The Morgan fingerprint density at radius 1 is 1.00 bits per heavy atom. The minimum absolute atomic E-state index is 0.250. The second kappa shape index (κ2) is 6.72. The van der Waals surface area contributed by atoms with Crippen LogP contribution >= 0.6 is 0 Å². The molecule has 2 heterocycles. The van der Waals surface area contributed by atoms with E-state index in [0.717, 1.165) is 39.0 Å². The number of likely N-dealkylation sites (tertiary alicyclic amines) is 1. The number of rotatable bonds is 2. The third-order valence-corrected chi connectivity index (χ3v) is 5.43. The minimum atomic E-state index is 0.250. The molecular weight excluding hydrogens is 272 g/mol. The van der Waals surface area contributed by atoms with Gasteiger partial charge in [0, 0.05) is 37.8 Å². The molecule has 0 aromatic heterocycles.